The Hall–Kier alpha value is -1.75. The molecule has 1 unspecified atom stereocenters. The van der Waals surface area contributed by atoms with Crippen LogP contribution < -0.4 is 14.8 Å². The Morgan fingerprint density at radius 3 is 3.00 bits per heavy atom. The van der Waals surface area contributed by atoms with Crippen LogP contribution in [-0.4, -0.2) is 43.3 Å². The molecule has 1 aromatic rings. The molecule has 21 heavy (non-hydrogen) atoms. The number of hydrogen-bond donors (Lipinski definition) is 1. The largest absolute Gasteiger partial charge is 0.454 e. The molecular weight excluding hydrogens is 268 g/mol. The molecule has 1 N–H and O–H groups in total. The van der Waals surface area contributed by atoms with E-state index in [1.165, 1.54) is 0 Å². The molecule has 0 spiro atoms. The van der Waals surface area contributed by atoms with Gasteiger partial charge in [0, 0.05) is 19.1 Å². The van der Waals surface area contributed by atoms with Crippen LogP contribution in [0.15, 0.2) is 18.2 Å². The van der Waals surface area contributed by atoms with E-state index in [4.69, 9.17) is 9.47 Å². The van der Waals surface area contributed by atoms with E-state index in [9.17, 15) is 4.79 Å². The van der Waals surface area contributed by atoms with Crippen LogP contribution in [0.2, 0.25) is 0 Å². The van der Waals surface area contributed by atoms with Gasteiger partial charge in [0.05, 0.1) is 6.42 Å². The quantitative estimate of drug-likeness (QED) is 0.894. The fourth-order valence-corrected chi connectivity index (χ4v) is 2.98. The zero-order valence-corrected chi connectivity index (χ0v) is 12.4. The summed E-state index contributed by atoms with van der Waals surface area (Å²) < 4.78 is 10.7. The van der Waals surface area contributed by atoms with E-state index in [1.54, 1.807) is 0 Å². The lowest BCUT2D eigenvalue weighted by Gasteiger charge is -2.28. The predicted molar refractivity (Wildman–Crippen MR) is 79.5 cm³/mol. The molecule has 5 nitrogen and oxygen atoms in total. The lowest BCUT2D eigenvalue weighted by Crippen LogP contribution is -2.42. The van der Waals surface area contributed by atoms with Crippen molar-refractivity contribution in [3.05, 3.63) is 23.8 Å². The van der Waals surface area contributed by atoms with Crippen molar-refractivity contribution in [3.63, 3.8) is 0 Å². The Morgan fingerprint density at radius 2 is 2.24 bits per heavy atom. The van der Waals surface area contributed by atoms with Crippen molar-refractivity contribution in [2.45, 2.75) is 32.2 Å². The fraction of sp³-hybridized carbons (Fsp3) is 0.562. The molecule has 0 aliphatic carbocycles. The number of ether oxygens (including phenoxy) is 2. The highest BCUT2D eigenvalue weighted by Crippen LogP contribution is 2.32. The molecular formula is C16H22N2O3. The van der Waals surface area contributed by atoms with Gasteiger partial charge in [-0.1, -0.05) is 13.0 Å². The summed E-state index contributed by atoms with van der Waals surface area (Å²) in [6, 6.07) is 6.08. The zero-order chi connectivity index (χ0) is 14.7. The number of benzene rings is 1. The third-order valence-corrected chi connectivity index (χ3v) is 4.05. The highest BCUT2D eigenvalue weighted by molar-refractivity contribution is 5.79. The third kappa shape index (κ3) is 3.13. The SMILES string of the molecule is CCCN(C(=O)Cc1ccc2c(c1)OCO2)C1CCNC1. The monoisotopic (exact) mass is 290 g/mol. The zero-order valence-electron chi connectivity index (χ0n) is 12.4. The van der Waals surface area contributed by atoms with Gasteiger partial charge < -0.3 is 19.7 Å². The Morgan fingerprint density at radius 1 is 1.38 bits per heavy atom. The molecule has 2 heterocycles. The Labute approximate surface area is 125 Å². The topological polar surface area (TPSA) is 50.8 Å². The van der Waals surface area contributed by atoms with Gasteiger partial charge in [-0.25, -0.2) is 0 Å². The second-order valence-corrected chi connectivity index (χ2v) is 5.60. The van der Waals surface area contributed by atoms with E-state index in [1.807, 2.05) is 23.1 Å². The van der Waals surface area contributed by atoms with E-state index < -0.39 is 0 Å². The Balaban J connectivity index is 1.68. The molecule has 1 aromatic carbocycles. The van der Waals surface area contributed by atoms with Gasteiger partial charge in [-0.2, -0.15) is 0 Å². The van der Waals surface area contributed by atoms with Crippen LogP contribution in [0.4, 0.5) is 0 Å². The molecule has 114 valence electrons. The van der Waals surface area contributed by atoms with E-state index in [-0.39, 0.29) is 12.7 Å². The summed E-state index contributed by atoms with van der Waals surface area (Å²) in [4.78, 5) is 14.6. The summed E-state index contributed by atoms with van der Waals surface area (Å²) in [6.45, 7) is 5.12. The van der Waals surface area contributed by atoms with Crippen molar-refractivity contribution in [2.75, 3.05) is 26.4 Å². The van der Waals surface area contributed by atoms with Crippen LogP contribution in [0.1, 0.15) is 25.3 Å². The van der Waals surface area contributed by atoms with Crippen LogP contribution in [0.3, 0.4) is 0 Å². The molecule has 2 aliphatic rings. The minimum absolute atomic E-state index is 0.199. The number of fused-ring (bicyclic) bond motifs is 1. The average Bonchev–Trinajstić information content (AvgIpc) is 3.15. The van der Waals surface area contributed by atoms with Gasteiger partial charge in [-0.15, -0.1) is 0 Å². The molecule has 2 aliphatic heterocycles. The first-order chi connectivity index (χ1) is 10.3. The highest BCUT2D eigenvalue weighted by Gasteiger charge is 2.26. The molecule has 0 bridgehead atoms. The van der Waals surface area contributed by atoms with Gasteiger partial charge in [0.1, 0.15) is 0 Å². The summed E-state index contributed by atoms with van der Waals surface area (Å²) in [5.41, 5.74) is 0.983. The van der Waals surface area contributed by atoms with E-state index in [0.717, 1.165) is 49.5 Å². The number of hydrogen-bond acceptors (Lipinski definition) is 4. The molecule has 3 rings (SSSR count). The lowest BCUT2D eigenvalue weighted by atomic mass is 10.1. The molecule has 1 amide bonds. The summed E-state index contributed by atoms with van der Waals surface area (Å²) >= 11 is 0. The van der Waals surface area contributed by atoms with Gasteiger partial charge in [-0.3, -0.25) is 4.79 Å². The normalized spacial score (nSPS) is 19.8. The van der Waals surface area contributed by atoms with Crippen LogP contribution in [-0.2, 0) is 11.2 Å². The minimum atomic E-state index is 0.199. The lowest BCUT2D eigenvalue weighted by molar-refractivity contribution is -0.132. The van der Waals surface area contributed by atoms with E-state index in [2.05, 4.69) is 12.2 Å². The number of carbonyl (C=O) groups excluding carboxylic acids is 1. The smallest absolute Gasteiger partial charge is 0.231 e. The Bertz CT molecular complexity index is 512. The maximum Gasteiger partial charge on any atom is 0.231 e. The molecule has 0 aromatic heterocycles. The van der Waals surface area contributed by atoms with Gasteiger partial charge in [0.25, 0.3) is 0 Å². The first-order valence-electron chi connectivity index (χ1n) is 7.66. The third-order valence-electron chi connectivity index (χ3n) is 4.05. The van der Waals surface area contributed by atoms with E-state index >= 15 is 0 Å². The maximum absolute atomic E-state index is 12.6. The number of carbonyl (C=O) groups is 1. The van der Waals surface area contributed by atoms with Gasteiger partial charge in [-0.05, 0) is 37.1 Å². The molecule has 1 saturated heterocycles. The first kappa shape index (κ1) is 14.2. The summed E-state index contributed by atoms with van der Waals surface area (Å²) in [5, 5.41) is 3.33. The van der Waals surface area contributed by atoms with Crippen LogP contribution >= 0.6 is 0 Å². The number of amides is 1. The van der Waals surface area contributed by atoms with Crippen molar-refractivity contribution < 1.29 is 14.3 Å². The van der Waals surface area contributed by atoms with Crippen LogP contribution in [0, 0.1) is 0 Å². The molecule has 0 radical (unpaired) electrons. The molecule has 1 fully saturated rings. The average molecular weight is 290 g/mol. The maximum atomic E-state index is 12.6. The summed E-state index contributed by atoms with van der Waals surface area (Å²) in [5.74, 6) is 1.70. The van der Waals surface area contributed by atoms with Gasteiger partial charge in [0.15, 0.2) is 11.5 Å². The second kappa shape index (κ2) is 6.35. The fourth-order valence-electron chi connectivity index (χ4n) is 2.98. The van der Waals surface area contributed by atoms with E-state index in [0.29, 0.717) is 12.5 Å². The second-order valence-electron chi connectivity index (χ2n) is 5.60. The van der Waals surface area contributed by atoms with Gasteiger partial charge >= 0.3 is 0 Å². The summed E-state index contributed by atoms with van der Waals surface area (Å²) in [7, 11) is 0. The molecule has 1 atom stereocenters. The molecule has 0 saturated carbocycles. The van der Waals surface area contributed by atoms with Crippen molar-refractivity contribution in [1.29, 1.82) is 0 Å². The van der Waals surface area contributed by atoms with Gasteiger partial charge in [0.2, 0.25) is 12.7 Å². The van der Waals surface area contributed by atoms with Crippen molar-refractivity contribution in [3.8, 4) is 11.5 Å². The number of rotatable bonds is 5. The number of nitrogens with zero attached hydrogens (tertiary/aromatic N) is 1. The Kier molecular flexibility index (Phi) is 4.29. The van der Waals surface area contributed by atoms with Crippen LogP contribution in [0.5, 0.6) is 11.5 Å². The highest BCUT2D eigenvalue weighted by atomic mass is 16.7. The standard InChI is InChI=1S/C16H22N2O3/c1-2-7-18(13-5-6-17-10-13)16(19)9-12-3-4-14-15(8-12)21-11-20-14/h3-4,8,13,17H,2,5-7,9-11H2,1H3. The number of nitrogens with one attached hydrogen (secondary N) is 1. The van der Waals surface area contributed by atoms with Crippen molar-refractivity contribution in [2.24, 2.45) is 0 Å². The van der Waals surface area contributed by atoms with Crippen LogP contribution in [0.25, 0.3) is 0 Å². The molecule has 5 heteroatoms. The predicted octanol–water partition coefficient (Wildman–Crippen LogP) is 1.56. The van der Waals surface area contributed by atoms with Crippen molar-refractivity contribution in [1.82, 2.24) is 10.2 Å². The summed E-state index contributed by atoms with van der Waals surface area (Å²) in [6.07, 6.45) is 2.46. The van der Waals surface area contributed by atoms with Crippen molar-refractivity contribution >= 4 is 5.91 Å². The first-order valence-corrected chi connectivity index (χ1v) is 7.66. The minimum Gasteiger partial charge on any atom is -0.454 e.